The Bertz CT molecular complexity index is 134. The number of hydrogen-bond donors (Lipinski definition) is 2. The van der Waals surface area contributed by atoms with E-state index in [0.29, 0.717) is 0 Å². The van der Waals surface area contributed by atoms with Gasteiger partial charge in [0.1, 0.15) is 0 Å². The van der Waals surface area contributed by atoms with Crippen molar-refractivity contribution in [3.05, 3.63) is 0 Å². The first-order valence-corrected chi connectivity index (χ1v) is 1.56. The van der Waals surface area contributed by atoms with Gasteiger partial charge in [0.25, 0.3) is 0 Å². The number of carbonyl (C=O) groups is 3. The van der Waals surface area contributed by atoms with Crippen LogP contribution >= 0.6 is 0 Å². The zero-order valence-corrected chi connectivity index (χ0v) is 3.62. The summed E-state index contributed by atoms with van der Waals surface area (Å²) < 4.78 is 0. The van der Waals surface area contributed by atoms with Gasteiger partial charge >= 0.3 is 55.5 Å². The molecule has 0 saturated heterocycles. The van der Waals surface area contributed by atoms with Crippen LogP contribution in [0.15, 0.2) is 0 Å². The summed E-state index contributed by atoms with van der Waals surface area (Å²) >= 11 is 0. The molecule has 0 spiro atoms. The molecule has 0 aromatic heterocycles. The van der Waals surface area contributed by atoms with Crippen LogP contribution in [0.5, 0.6) is 0 Å². The molecule has 0 rings (SSSR count). The van der Waals surface area contributed by atoms with E-state index in [0.717, 1.165) is 0 Å². The maximum absolute atomic E-state index is 9.64. The molecule has 2 N–H and O–H groups in total. The monoisotopic (exact) mass is 160 g/mol. The van der Waals surface area contributed by atoms with Crippen LogP contribution in [-0.4, -0.2) is 65.7 Å². The Morgan fingerprint density at radius 3 is 1.11 bits per heavy atom. The average molecular weight is 160 g/mol. The molecule has 0 aromatic rings. The zero-order valence-electron chi connectivity index (χ0n) is 3.62. The van der Waals surface area contributed by atoms with Crippen LogP contribution in [0.25, 0.3) is 0 Å². The third-order valence-corrected chi connectivity index (χ3v) is 0.388. The van der Waals surface area contributed by atoms with Crippen molar-refractivity contribution in [2.45, 2.75) is 0 Å². The third kappa shape index (κ3) is 4.38. The van der Waals surface area contributed by atoms with Crippen molar-refractivity contribution in [2.24, 2.45) is 0 Å². The molecule has 0 bridgehead atoms. The van der Waals surface area contributed by atoms with E-state index < -0.39 is 17.7 Å². The van der Waals surface area contributed by atoms with Crippen LogP contribution < -0.4 is 0 Å². The number of hydrogen-bond acceptors (Lipinski definition) is 3. The molecule has 9 heavy (non-hydrogen) atoms. The Morgan fingerprint density at radius 1 is 0.889 bits per heavy atom. The van der Waals surface area contributed by atoms with E-state index in [1.54, 1.807) is 0 Å². The van der Waals surface area contributed by atoms with Gasteiger partial charge in [0.15, 0.2) is 0 Å². The van der Waals surface area contributed by atoms with E-state index in [9.17, 15) is 14.4 Å². The second-order valence-electron chi connectivity index (χ2n) is 0.939. The van der Waals surface area contributed by atoms with Crippen LogP contribution in [0.1, 0.15) is 0 Å². The van der Waals surface area contributed by atoms with Crippen LogP contribution in [-0.2, 0) is 14.4 Å². The minimum atomic E-state index is -1.95. The Labute approximate surface area is 79.7 Å². The molecule has 0 radical (unpaired) electrons. The average Bonchev–Trinajstić information content (AvgIpc) is 1.64. The molecule has 0 amide bonds. The van der Waals surface area contributed by atoms with Crippen molar-refractivity contribution in [3.63, 3.8) is 0 Å². The van der Waals surface area contributed by atoms with Crippen LogP contribution in [0.4, 0.5) is 0 Å². The summed E-state index contributed by atoms with van der Waals surface area (Å²) in [5.74, 6) is -5.71. The second kappa shape index (κ2) is 4.72. The fraction of sp³-hybridized carbons (Fsp3) is 0. The molecule has 0 fully saturated rings. The van der Waals surface area contributed by atoms with Gasteiger partial charge in [0.05, 0.1) is 0 Å². The van der Waals surface area contributed by atoms with Gasteiger partial charge in [-0.15, -0.1) is 0 Å². The van der Waals surface area contributed by atoms with E-state index in [4.69, 9.17) is 10.2 Å². The molecular weight excluding hydrogens is 156 g/mol. The fourth-order valence-corrected chi connectivity index (χ4v) is 0.0915. The quantitative estimate of drug-likeness (QED) is 0.272. The SMILES string of the molecule is O=C(O)C(=O)C(=O)O.[CaH2]. The number of carboxylic acid groups (broad SMARTS) is 2. The number of rotatable bonds is 2. The van der Waals surface area contributed by atoms with Crippen molar-refractivity contribution in [3.8, 4) is 0 Å². The van der Waals surface area contributed by atoms with Crippen molar-refractivity contribution in [1.29, 1.82) is 0 Å². The van der Waals surface area contributed by atoms with Gasteiger partial charge in [-0.3, -0.25) is 4.79 Å². The normalized spacial score (nSPS) is 7.11. The summed E-state index contributed by atoms with van der Waals surface area (Å²) in [5, 5.41) is 15.2. The number of ketones is 1. The summed E-state index contributed by atoms with van der Waals surface area (Å²) in [4.78, 5) is 28.5. The van der Waals surface area contributed by atoms with Crippen molar-refractivity contribution >= 4 is 55.5 Å². The predicted octanol–water partition coefficient (Wildman–Crippen LogP) is -2.19. The van der Waals surface area contributed by atoms with Gasteiger partial charge in [-0.2, -0.15) is 0 Å². The van der Waals surface area contributed by atoms with Gasteiger partial charge in [-0.25, -0.2) is 9.59 Å². The third-order valence-electron chi connectivity index (χ3n) is 0.388. The van der Waals surface area contributed by atoms with Gasteiger partial charge in [-0.05, 0) is 0 Å². The van der Waals surface area contributed by atoms with E-state index in [1.807, 2.05) is 0 Å². The second-order valence-corrected chi connectivity index (χ2v) is 0.939. The van der Waals surface area contributed by atoms with Crippen molar-refractivity contribution in [1.82, 2.24) is 0 Å². The number of aliphatic carboxylic acids is 2. The molecular formula is C3H4CaO5. The Hall–Kier alpha value is -0.130. The molecule has 0 aliphatic heterocycles. The van der Waals surface area contributed by atoms with Crippen molar-refractivity contribution < 1.29 is 24.6 Å². The molecule has 0 heterocycles. The topological polar surface area (TPSA) is 91.7 Å². The molecule has 0 saturated carbocycles. The first-order chi connectivity index (χ1) is 3.55. The molecule has 0 aliphatic carbocycles. The van der Waals surface area contributed by atoms with Crippen molar-refractivity contribution in [2.75, 3.05) is 0 Å². The van der Waals surface area contributed by atoms with Crippen LogP contribution in [0.3, 0.4) is 0 Å². The van der Waals surface area contributed by atoms with E-state index in [2.05, 4.69) is 0 Å². The minimum absolute atomic E-state index is 0. The number of carboxylic acids is 2. The molecule has 0 unspecified atom stereocenters. The summed E-state index contributed by atoms with van der Waals surface area (Å²) in [7, 11) is 0. The Kier molecular flexibility index (Phi) is 6.11. The van der Waals surface area contributed by atoms with Gasteiger partial charge in [0, 0.05) is 0 Å². The molecule has 0 aromatic carbocycles. The molecule has 6 heteroatoms. The van der Waals surface area contributed by atoms with Crippen LogP contribution in [0.2, 0.25) is 0 Å². The van der Waals surface area contributed by atoms with Gasteiger partial charge in [0.2, 0.25) is 0 Å². The Morgan fingerprint density at radius 2 is 1.11 bits per heavy atom. The zero-order chi connectivity index (χ0) is 6.73. The molecule has 0 aliphatic rings. The summed E-state index contributed by atoms with van der Waals surface area (Å²) in [5.41, 5.74) is 0. The van der Waals surface area contributed by atoms with E-state index >= 15 is 0 Å². The standard InChI is InChI=1S/C3H2O5.Ca.2H/c4-1(2(5)6)3(7)8;;;/h(H,5,6)(H,7,8);;;. The summed E-state index contributed by atoms with van der Waals surface area (Å²) in [6.45, 7) is 0. The fourth-order valence-electron chi connectivity index (χ4n) is 0.0915. The predicted molar refractivity (Wildman–Crippen MR) is 28.8 cm³/mol. The maximum atomic E-state index is 9.64. The van der Waals surface area contributed by atoms with Gasteiger partial charge < -0.3 is 10.2 Å². The first-order valence-electron chi connectivity index (χ1n) is 1.56. The van der Waals surface area contributed by atoms with E-state index in [-0.39, 0.29) is 37.7 Å². The molecule has 0 atom stereocenters. The number of Topliss-reactive ketones (excluding diaryl/α,β-unsaturated/α-hetero) is 1. The van der Waals surface area contributed by atoms with Gasteiger partial charge in [-0.1, -0.05) is 0 Å². The summed E-state index contributed by atoms with van der Waals surface area (Å²) in [6.07, 6.45) is 0. The van der Waals surface area contributed by atoms with Crippen LogP contribution in [0, 0.1) is 0 Å². The summed E-state index contributed by atoms with van der Waals surface area (Å²) in [6, 6.07) is 0. The van der Waals surface area contributed by atoms with E-state index in [1.165, 1.54) is 0 Å². The molecule has 48 valence electrons. The first kappa shape index (κ1) is 11.6. The Balaban J connectivity index is 0. The number of carbonyl (C=O) groups excluding carboxylic acids is 1. The molecule has 5 nitrogen and oxygen atoms in total.